The topological polar surface area (TPSA) is 43.1 Å². The summed E-state index contributed by atoms with van der Waals surface area (Å²) in [5.74, 6) is -0.445. The van der Waals surface area contributed by atoms with Crippen molar-refractivity contribution in [3.05, 3.63) is 38.8 Å². The molecule has 68 valence electrons. The number of nitrogens with two attached hydrogens (primary N) is 1. The van der Waals surface area contributed by atoms with Gasteiger partial charge in [-0.05, 0) is 55.6 Å². The van der Waals surface area contributed by atoms with E-state index in [2.05, 4.69) is 31.9 Å². The van der Waals surface area contributed by atoms with Gasteiger partial charge in [-0.2, -0.15) is 0 Å². The molecular formula is C9H7Br2NO. The average molecular weight is 305 g/mol. The standard InChI is InChI=1S/C9H7Br2NO/c10-7-3-1-6(5-8(7)11)2-4-9(12)13/h1-5H,(H2,12,13)/b4-2+. The average Bonchev–Trinajstić information content (AvgIpc) is 2.07. The van der Waals surface area contributed by atoms with Gasteiger partial charge >= 0.3 is 0 Å². The zero-order valence-electron chi connectivity index (χ0n) is 6.63. The van der Waals surface area contributed by atoms with E-state index in [0.29, 0.717) is 0 Å². The second-order valence-electron chi connectivity index (χ2n) is 2.41. The van der Waals surface area contributed by atoms with Gasteiger partial charge in [0.2, 0.25) is 5.91 Å². The van der Waals surface area contributed by atoms with E-state index >= 15 is 0 Å². The van der Waals surface area contributed by atoms with Gasteiger partial charge in [0.1, 0.15) is 0 Å². The second-order valence-corrected chi connectivity index (χ2v) is 4.12. The number of hydrogen-bond donors (Lipinski definition) is 1. The lowest BCUT2D eigenvalue weighted by Gasteiger charge is -1.97. The number of rotatable bonds is 2. The van der Waals surface area contributed by atoms with Crippen molar-refractivity contribution in [2.24, 2.45) is 5.73 Å². The first-order valence-corrected chi connectivity index (χ1v) is 5.11. The molecular weight excluding hydrogens is 298 g/mol. The Kier molecular flexibility index (Phi) is 3.69. The highest BCUT2D eigenvalue weighted by Crippen LogP contribution is 2.24. The van der Waals surface area contributed by atoms with Crippen molar-refractivity contribution < 1.29 is 4.79 Å². The summed E-state index contributed by atoms with van der Waals surface area (Å²) in [5.41, 5.74) is 5.89. The van der Waals surface area contributed by atoms with Crippen LogP contribution in [0.2, 0.25) is 0 Å². The molecule has 4 heteroatoms. The summed E-state index contributed by atoms with van der Waals surface area (Å²) in [6.45, 7) is 0. The van der Waals surface area contributed by atoms with E-state index in [4.69, 9.17) is 5.73 Å². The van der Waals surface area contributed by atoms with Crippen LogP contribution >= 0.6 is 31.9 Å². The van der Waals surface area contributed by atoms with E-state index in [1.54, 1.807) is 6.08 Å². The zero-order valence-corrected chi connectivity index (χ0v) is 9.80. The van der Waals surface area contributed by atoms with Crippen LogP contribution in [0.5, 0.6) is 0 Å². The van der Waals surface area contributed by atoms with Gasteiger partial charge in [0.15, 0.2) is 0 Å². The molecule has 0 saturated heterocycles. The first-order chi connectivity index (χ1) is 6.09. The fraction of sp³-hybridized carbons (Fsp3) is 0. The number of carbonyl (C=O) groups excluding carboxylic acids is 1. The van der Waals surface area contributed by atoms with Crippen molar-refractivity contribution in [1.29, 1.82) is 0 Å². The Morgan fingerprint density at radius 3 is 2.54 bits per heavy atom. The first kappa shape index (κ1) is 10.5. The molecule has 0 aromatic heterocycles. The molecule has 0 aliphatic heterocycles. The van der Waals surface area contributed by atoms with Gasteiger partial charge in [0.25, 0.3) is 0 Å². The summed E-state index contributed by atoms with van der Waals surface area (Å²) in [6, 6.07) is 5.67. The highest BCUT2D eigenvalue weighted by atomic mass is 79.9. The number of benzene rings is 1. The van der Waals surface area contributed by atoms with Crippen LogP contribution in [-0.2, 0) is 4.79 Å². The van der Waals surface area contributed by atoms with Gasteiger partial charge in [-0.15, -0.1) is 0 Å². The SMILES string of the molecule is NC(=O)/C=C/c1ccc(Br)c(Br)c1. The molecule has 2 N–H and O–H groups in total. The van der Waals surface area contributed by atoms with Gasteiger partial charge in [0.05, 0.1) is 0 Å². The van der Waals surface area contributed by atoms with Crippen LogP contribution in [-0.4, -0.2) is 5.91 Å². The van der Waals surface area contributed by atoms with Crippen LogP contribution in [0.3, 0.4) is 0 Å². The lowest BCUT2D eigenvalue weighted by molar-refractivity contribution is -0.113. The number of carbonyl (C=O) groups is 1. The maximum absolute atomic E-state index is 10.4. The molecule has 1 amide bonds. The van der Waals surface area contributed by atoms with Crippen molar-refractivity contribution in [1.82, 2.24) is 0 Å². The van der Waals surface area contributed by atoms with Crippen LogP contribution in [0.25, 0.3) is 6.08 Å². The second kappa shape index (κ2) is 4.58. The monoisotopic (exact) mass is 303 g/mol. The Morgan fingerprint density at radius 2 is 2.00 bits per heavy atom. The van der Waals surface area contributed by atoms with Gasteiger partial charge in [-0.1, -0.05) is 6.07 Å². The molecule has 0 bridgehead atoms. The first-order valence-electron chi connectivity index (χ1n) is 3.52. The number of halogens is 2. The van der Waals surface area contributed by atoms with Crippen LogP contribution in [0.1, 0.15) is 5.56 Å². The van der Waals surface area contributed by atoms with Crippen molar-refractivity contribution >= 4 is 43.8 Å². The highest BCUT2D eigenvalue weighted by molar-refractivity contribution is 9.13. The van der Waals surface area contributed by atoms with Gasteiger partial charge < -0.3 is 5.73 Å². The molecule has 13 heavy (non-hydrogen) atoms. The minimum absolute atomic E-state index is 0.445. The molecule has 1 aromatic rings. The molecule has 0 saturated carbocycles. The lowest BCUT2D eigenvalue weighted by Crippen LogP contribution is -2.05. The smallest absolute Gasteiger partial charge is 0.241 e. The Bertz CT molecular complexity index is 361. The number of primary amides is 1. The van der Waals surface area contributed by atoms with E-state index in [-0.39, 0.29) is 0 Å². The van der Waals surface area contributed by atoms with Crippen molar-refractivity contribution in [2.75, 3.05) is 0 Å². The zero-order chi connectivity index (χ0) is 9.84. The molecule has 0 spiro atoms. The Balaban J connectivity index is 2.92. The number of hydrogen-bond acceptors (Lipinski definition) is 1. The third-order valence-electron chi connectivity index (χ3n) is 1.38. The summed E-state index contributed by atoms with van der Waals surface area (Å²) in [4.78, 5) is 10.4. The summed E-state index contributed by atoms with van der Waals surface area (Å²) >= 11 is 6.70. The van der Waals surface area contributed by atoms with E-state index < -0.39 is 5.91 Å². The van der Waals surface area contributed by atoms with Crippen LogP contribution in [0.15, 0.2) is 33.2 Å². The Labute approximate surface area is 93.1 Å². The molecule has 0 fully saturated rings. The number of amides is 1. The van der Waals surface area contributed by atoms with Crippen molar-refractivity contribution in [2.45, 2.75) is 0 Å². The maximum atomic E-state index is 10.4. The van der Waals surface area contributed by atoms with Crippen LogP contribution in [0, 0.1) is 0 Å². The highest BCUT2D eigenvalue weighted by Gasteiger charge is 1.95. The summed E-state index contributed by atoms with van der Waals surface area (Å²) in [6.07, 6.45) is 3.00. The molecule has 0 heterocycles. The van der Waals surface area contributed by atoms with Crippen LogP contribution in [0.4, 0.5) is 0 Å². The minimum Gasteiger partial charge on any atom is -0.366 e. The molecule has 1 rings (SSSR count). The Morgan fingerprint density at radius 1 is 1.31 bits per heavy atom. The van der Waals surface area contributed by atoms with E-state index in [0.717, 1.165) is 14.5 Å². The predicted octanol–water partition coefficient (Wildman–Crippen LogP) is 2.71. The fourth-order valence-corrected chi connectivity index (χ4v) is 1.44. The molecule has 0 atom stereocenters. The predicted molar refractivity (Wildman–Crippen MR) is 60.1 cm³/mol. The van der Waals surface area contributed by atoms with E-state index in [9.17, 15) is 4.79 Å². The molecule has 0 aliphatic carbocycles. The van der Waals surface area contributed by atoms with Crippen molar-refractivity contribution in [3.8, 4) is 0 Å². The molecule has 1 aromatic carbocycles. The quantitative estimate of drug-likeness (QED) is 0.839. The third kappa shape index (κ3) is 3.32. The minimum atomic E-state index is -0.445. The summed E-state index contributed by atoms with van der Waals surface area (Å²) in [7, 11) is 0. The van der Waals surface area contributed by atoms with E-state index in [1.165, 1.54) is 6.08 Å². The molecule has 0 radical (unpaired) electrons. The largest absolute Gasteiger partial charge is 0.366 e. The normalized spacial score (nSPS) is 10.6. The maximum Gasteiger partial charge on any atom is 0.241 e. The van der Waals surface area contributed by atoms with Gasteiger partial charge in [-0.3, -0.25) is 4.79 Å². The molecule has 2 nitrogen and oxygen atoms in total. The summed E-state index contributed by atoms with van der Waals surface area (Å²) < 4.78 is 1.92. The molecule has 0 aliphatic rings. The third-order valence-corrected chi connectivity index (χ3v) is 3.26. The summed E-state index contributed by atoms with van der Waals surface area (Å²) in [5, 5.41) is 0. The lowest BCUT2D eigenvalue weighted by atomic mass is 10.2. The molecule has 0 unspecified atom stereocenters. The fourth-order valence-electron chi connectivity index (χ4n) is 0.794. The Hall–Kier alpha value is -0.610. The van der Waals surface area contributed by atoms with Gasteiger partial charge in [-0.25, -0.2) is 0 Å². The van der Waals surface area contributed by atoms with E-state index in [1.807, 2.05) is 18.2 Å². The van der Waals surface area contributed by atoms with Crippen LogP contribution < -0.4 is 5.73 Å². The van der Waals surface area contributed by atoms with Crippen molar-refractivity contribution in [3.63, 3.8) is 0 Å². The van der Waals surface area contributed by atoms with Gasteiger partial charge in [0, 0.05) is 15.0 Å².